The molecule has 214 valence electrons. The van der Waals surface area contributed by atoms with E-state index in [9.17, 15) is 8.42 Å². The first-order chi connectivity index (χ1) is 20.9. The molecule has 0 atom stereocenters. The molecular formula is C36H30N2O4S. The second-order valence-corrected chi connectivity index (χ2v) is 11.5. The fourth-order valence-electron chi connectivity index (χ4n) is 4.20. The SMILES string of the molecule is Nc1cccc(Oc2ccc(S(=O)(=O)c3ccc(Oc4cccc(N)c4)cc3)cc2)c1.c1ccc(-c2ccccc2)cc1. The van der Waals surface area contributed by atoms with E-state index < -0.39 is 9.84 Å². The normalized spacial score (nSPS) is 10.7. The highest BCUT2D eigenvalue weighted by Crippen LogP contribution is 2.29. The molecule has 0 heterocycles. The van der Waals surface area contributed by atoms with E-state index >= 15 is 0 Å². The molecule has 0 unspecified atom stereocenters. The van der Waals surface area contributed by atoms with Crippen LogP contribution < -0.4 is 20.9 Å². The van der Waals surface area contributed by atoms with Gasteiger partial charge < -0.3 is 20.9 Å². The summed E-state index contributed by atoms with van der Waals surface area (Å²) in [5.74, 6) is 2.17. The molecule has 0 aliphatic rings. The van der Waals surface area contributed by atoms with Crippen LogP contribution in [0.2, 0.25) is 0 Å². The van der Waals surface area contributed by atoms with Crippen LogP contribution in [0.4, 0.5) is 11.4 Å². The molecular weight excluding hydrogens is 556 g/mol. The van der Waals surface area contributed by atoms with E-state index in [0.717, 1.165) is 0 Å². The van der Waals surface area contributed by atoms with Crippen molar-refractivity contribution in [1.29, 1.82) is 0 Å². The average molecular weight is 587 g/mol. The van der Waals surface area contributed by atoms with Crippen molar-refractivity contribution >= 4 is 21.2 Å². The third kappa shape index (κ3) is 7.81. The second kappa shape index (κ2) is 13.4. The molecule has 0 aromatic heterocycles. The molecule has 0 aliphatic heterocycles. The number of nitrogens with two attached hydrogens (primary N) is 2. The Bertz CT molecular complexity index is 1740. The van der Waals surface area contributed by atoms with Crippen molar-refractivity contribution in [3.63, 3.8) is 0 Å². The van der Waals surface area contributed by atoms with Crippen molar-refractivity contribution < 1.29 is 17.9 Å². The number of anilines is 2. The summed E-state index contributed by atoms with van der Waals surface area (Å²) in [6.45, 7) is 0. The summed E-state index contributed by atoms with van der Waals surface area (Å²) in [5.41, 5.74) is 15.2. The van der Waals surface area contributed by atoms with Crippen molar-refractivity contribution in [3.05, 3.63) is 158 Å². The summed E-state index contributed by atoms with van der Waals surface area (Å²) in [6, 6.07) is 47.2. The average Bonchev–Trinajstić information content (AvgIpc) is 3.03. The van der Waals surface area contributed by atoms with Gasteiger partial charge in [0.15, 0.2) is 0 Å². The smallest absolute Gasteiger partial charge is 0.206 e. The maximum atomic E-state index is 12.9. The molecule has 6 aromatic carbocycles. The van der Waals surface area contributed by atoms with Gasteiger partial charge in [-0.05, 0) is 83.9 Å². The maximum absolute atomic E-state index is 12.9. The quantitative estimate of drug-likeness (QED) is 0.182. The van der Waals surface area contributed by atoms with E-state index in [1.807, 2.05) is 12.1 Å². The van der Waals surface area contributed by atoms with Gasteiger partial charge in [0.05, 0.1) is 9.79 Å². The molecule has 0 saturated carbocycles. The standard InChI is InChI=1S/C24H20N2O4S.C12H10/c25-17-3-1-5-21(15-17)29-19-7-11-23(12-8-19)31(27,28)24-13-9-20(10-14-24)30-22-6-2-4-18(26)16-22;1-3-7-11(8-4-1)12-9-5-2-6-10-12/h1-16H,25-26H2;1-10H. The highest BCUT2D eigenvalue weighted by Gasteiger charge is 2.18. The van der Waals surface area contributed by atoms with Gasteiger partial charge in [-0.2, -0.15) is 0 Å². The van der Waals surface area contributed by atoms with Gasteiger partial charge in [-0.3, -0.25) is 0 Å². The van der Waals surface area contributed by atoms with Gasteiger partial charge in [-0.15, -0.1) is 0 Å². The molecule has 0 fully saturated rings. The molecule has 0 bridgehead atoms. The minimum absolute atomic E-state index is 0.164. The summed E-state index contributed by atoms with van der Waals surface area (Å²) >= 11 is 0. The van der Waals surface area contributed by atoms with Crippen LogP contribution in [-0.2, 0) is 9.84 Å². The van der Waals surface area contributed by atoms with Crippen molar-refractivity contribution in [3.8, 4) is 34.1 Å². The first-order valence-electron chi connectivity index (χ1n) is 13.5. The van der Waals surface area contributed by atoms with Crippen molar-refractivity contribution in [2.24, 2.45) is 0 Å². The molecule has 0 radical (unpaired) electrons. The van der Waals surface area contributed by atoms with Crippen LogP contribution >= 0.6 is 0 Å². The molecule has 6 rings (SSSR count). The topological polar surface area (TPSA) is 105 Å². The van der Waals surface area contributed by atoms with E-state index in [1.165, 1.54) is 35.4 Å². The van der Waals surface area contributed by atoms with Gasteiger partial charge >= 0.3 is 0 Å². The molecule has 0 saturated heterocycles. The van der Waals surface area contributed by atoms with E-state index in [2.05, 4.69) is 48.5 Å². The Balaban J connectivity index is 0.000000255. The van der Waals surface area contributed by atoms with Crippen LogP contribution in [0.1, 0.15) is 0 Å². The fraction of sp³-hybridized carbons (Fsp3) is 0. The summed E-state index contributed by atoms with van der Waals surface area (Å²) in [7, 11) is -3.68. The van der Waals surface area contributed by atoms with Gasteiger partial charge in [0.25, 0.3) is 0 Å². The Hall–Kier alpha value is -5.53. The van der Waals surface area contributed by atoms with E-state index in [1.54, 1.807) is 72.8 Å². The number of sulfone groups is 1. The molecule has 6 aromatic rings. The van der Waals surface area contributed by atoms with E-state index in [4.69, 9.17) is 20.9 Å². The predicted molar refractivity (Wildman–Crippen MR) is 172 cm³/mol. The summed E-state index contributed by atoms with van der Waals surface area (Å²) in [4.78, 5) is 0.328. The van der Waals surface area contributed by atoms with Crippen molar-refractivity contribution in [2.45, 2.75) is 9.79 Å². The van der Waals surface area contributed by atoms with Gasteiger partial charge in [0.1, 0.15) is 23.0 Å². The van der Waals surface area contributed by atoms with Crippen LogP contribution in [0, 0.1) is 0 Å². The summed E-state index contributed by atoms with van der Waals surface area (Å²) in [6.07, 6.45) is 0. The maximum Gasteiger partial charge on any atom is 0.206 e. The molecule has 0 amide bonds. The highest BCUT2D eigenvalue weighted by atomic mass is 32.2. The minimum atomic E-state index is -3.68. The Morgan fingerprint density at radius 3 is 1.12 bits per heavy atom. The van der Waals surface area contributed by atoms with E-state index in [0.29, 0.717) is 34.4 Å². The van der Waals surface area contributed by atoms with Crippen LogP contribution in [0.25, 0.3) is 11.1 Å². The lowest BCUT2D eigenvalue weighted by Gasteiger charge is -2.10. The van der Waals surface area contributed by atoms with Gasteiger partial charge in [-0.25, -0.2) is 8.42 Å². The summed E-state index contributed by atoms with van der Waals surface area (Å²) in [5, 5.41) is 0. The Morgan fingerprint density at radius 1 is 0.395 bits per heavy atom. The third-order valence-corrected chi connectivity index (χ3v) is 8.12. The second-order valence-electron chi connectivity index (χ2n) is 9.53. The Kier molecular flexibility index (Phi) is 9.05. The number of ether oxygens (including phenoxy) is 2. The van der Waals surface area contributed by atoms with E-state index in [-0.39, 0.29) is 9.79 Å². The number of rotatable bonds is 7. The molecule has 0 spiro atoms. The Morgan fingerprint density at radius 2 is 0.767 bits per heavy atom. The number of benzene rings is 6. The molecule has 43 heavy (non-hydrogen) atoms. The van der Waals surface area contributed by atoms with Gasteiger partial charge in [0.2, 0.25) is 9.84 Å². The van der Waals surface area contributed by atoms with Gasteiger partial charge in [-0.1, -0.05) is 72.8 Å². The number of nitrogen functional groups attached to an aromatic ring is 2. The molecule has 0 aliphatic carbocycles. The number of hydrogen-bond acceptors (Lipinski definition) is 6. The van der Waals surface area contributed by atoms with Crippen molar-refractivity contribution in [1.82, 2.24) is 0 Å². The molecule has 6 nitrogen and oxygen atoms in total. The number of hydrogen-bond donors (Lipinski definition) is 2. The monoisotopic (exact) mass is 586 g/mol. The fourth-order valence-corrected chi connectivity index (χ4v) is 5.46. The largest absolute Gasteiger partial charge is 0.457 e. The van der Waals surface area contributed by atoms with Crippen molar-refractivity contribution in [2.75, 3.05) is 11.5 Å². The highest BCUT2D eigenvalue weighted by molar-refractivity contribution is 7.91. The van der Waals surface area contributed by atoms with Crippen LogP contribution in [0.15, 0.2) is 168 Å². The first kappa shape index (κ1) is 29.0. The zero-order chi connectivity index (χ0) is 30.1. The Labute approximate surface area is 251 Å². The predicted octanol–water partition coefficient (Wildman–Crippen LogP) is 8.62. The third-order valence-electron chi connectivity index (χ3n) is 6.34. The van der Waals surface area contributed by atoms with Crippen LogP contribution in [0.3, 0.4) is 0 Å². The van der Waals surface area contributed by atoms with Crippen LogP contribution in [-0.4, -0.2) is 8.42 Å². The zero-order valence-electron chi connectivity index (χ0n) is 23.2. The molecule has 4 N–H and O–H groups in total. The molecule has 7 heteroatoms. The lowest BCUT2D eigenvalue weighted by Crippen LogP contribution is -2.01. The lowest BCUT2D eigenvalue weighted by atomic mass is 10.1. The lowest BCUT2D eigenvalue weighted by molar-refractivity contribution is 0.482. The van der Waals surface area contributed by atoms with Crippen LogP contribution in [0.5, 0.6) is 23.0 Å². The summed E-state index contributed by atoms with van der Waals surface area (Å²) < 4.78 is 37.3. The minimum Gasteiger partial charge on any atom is -0.457 e. The zero-order valence-corrected chi connectivity index (χ0v) is 24.0. The van der Waals surface area contributed by atoms with Gasteiger partial charge in [0, 0.05) is 23.5 Å². The first-order valence-corrected chi connectivity index (χ1v) is 15.0.